The molecule has 5 aromatic rings. The summed E-state index contributed by atoms with van der Waals surface area (Å²) in [4.78, 5) is 17.1. The smallest absolute Gasteiger partial charge is 0.323 e. The molecular weight excluding hydrogens is 504 g/mol. The maximum atomic E-state index is 14.9. The number of rotatable bonds is 7. The molecule has 3 aromatic heterocycles. The minimum absolute atomic E-state index is 0.00161. The molecular formula is C28H25F2N7O2. The van der Waals surface area contributed by atoms with E-state index >= 15 is 0 Å². The molecule has 0 aliphatic rings. The van der Waals surface area contributed by atoms with Crippen molar-refractivity contribution in [2.75, 3.05) is 10.6 Å². The Bertz CT molecular complexity index is 1640. The van der Waals surface area contributed by atoms with E-state index < -0.39 is 17.7 Å². The third-order valence-corrected chi connectivity index (χ3v) is 5.76. The van der Waals surface area contributed by atoms with Crippen LogP contribution in [0.4, 0.5) is 25.0 Å². The largest absolute Gasteiger partial charge is 0.457 e. The van der Waals surface area contributed by atoms with Crippen LogP contribution in [0, 0.1) is 11.6 Å². The third-order valence-electron chi connectivity index (χ3n) is 5.76. The van der Waals surface area contributed by atoms with Crippen LogP contribution in [0.15, 0.2) is 79.4 Å². The van der Waals surface area contributed by atoms with E-state index in [1.165, 1.54) is 30.3 Å². The first kappa shape index (κ1) is 25.6. The predicted octanol–water partition coefficient (Wildman–Crippen LogP) is 6.64. The predicted molar refractivity (Wildman–Crippen MR) is 144 cm³/mol. The van der Waals surface area contributed by atoms with Gasteiger partial charge in [-0.05, 0) is 44.2 Å². The van der Waals surface area contributed by atoms with Crippen molar-refractivity contribution in [3.05, 3.63) is 91.0 Å². The summed E-state index contributed by atoms with van der Waals surface area (Å²) in [5.74, 6) is -0.402. The van der Waals surface area contributed by atoms with Crippen molar-refractivity contribution >= 4 is 17.4 Å². The van der Waals surface area contributed by atoms with Gasteiger partial charge in [0, 0.05) is 54.9 Å². The molecule has 39 heavy (non-hydrogen) atoms. The Labute approximate surface area is 223 Å². The van der Waals surface area contributed by atoms with Gasteiger partial charge in [-0.1, -0.05) is 12.1 Å². The number of urea groups is 1. The quantitative estimate of drug-likeness (QED) is 0.246. The number of nitrogens with one attached hydrogen (secondary N) is 2. The first-order chi connectivity index (χ1) is 18.7. The number of carbonyl (C=O) groups is 1. The zero-order chi connectivity index (χ0) is 27.5. The van der Waals surface area contributed by atoms with Crippen LogP contribution >= 0.6 is 0 Å². The lowest BCUT2D eigenvalue weighted by Gasteiger charge is -2.11. The van der Waals surface area contributed by atoms with Gasteiger partial charge in [-0.25, -0.2) is 13.6 Å². The molecule has 2 amide bonds. The number of benzene rings is 2. The lowest BCUT2D eigenvalue weighted by Crippen LogP contribution is -2.20. The number of aryl methyl sites for hydroxylation is 1. The van der Waals surface area contributed by atoms with E-state index in [1.54, 1.807) is 52.2 Å². The van der Waals surface area contributed by atoms with Crippen molar-refractivity contribution in [1.29, 1.82) is 0 Å². The molecule has 0 unspecified atom stereocenters. The highest BCUT2D eigenvalue weighted by Crippen LogP contribution is 2.30. The van der Waals surface area contributed by atoms with E-state index in [1.807, 2.05) is 27.1 Å². The van der Waals surface area contributed by atoms with Gasteiger partial charge in [0.1, 0.15) is 28.8 Å². The number of halogens is 2. The van der Waals surface area contributed by atoms with Gasteiger partial charge in [0.05, 0.1) is 23.3 Å². The van der Waals surface area contributed by atoms with Crippen molar-refractivity contribution in [2.45, 2.75) is 19.9 Å². The van der Waals surface area contributed by atoms with E-state index in [-0.39, 0.29) is 17.5 Å². The number of hydrogen-bond acceptors (Lipinski definition) is 5. The minimum atomic E-state index is -0.688. The highest BCUT2D eigenvalue weighted by Gasteiger charge is 2.17. The van der Waals surface area contributed by atoms with E-state index in [0.717, 1.165) is 5.56 Å². The Morgan fingerprint density at radius 3 is 2.46 bits per heavy atom. The van der Waals surface area contributed by atoms with Crippen LogP contribution < -0.4 is 15.4 Å². The van der Waals surface area contributed by atoms with Crippen LogP contribution in [-0.2, 0) is 7.05 Å². The number of hydrogen-bond donors (Lipinski definition) is 2. The molecule has 0 saturated carbocycles. The van der Waals surface area contributed by atoms with Crippen LogP contribution in [0.25, 0.3) is 22.5 Å². The van der Waals surface area contributed by atoms with E-state index in [2.05, 4.69) is 25.8 Å². The minimum Gasteiger partial charge on any atom is -0.457 e. The fourth-order valence-corrected chi connectivity index (χ4v) is 3.86. The number of aromatic nitrogens is 5. The molecule has 0 radical (unpaired) electrons. The van der Waals surface area contributed by atoms with Gasteiger partial charge in [-0.2, -0.15) is 10.2 Å². The van der Waals surface area contributed by atoms with E-state index in [0.29, 0.717) is 28.4 Å². The summed E-state index contributed by atoms with van der Waals surface area (Å²) >= 11 is 0. The Balaban J connectivity index is 1.29. The third kappa shape index (κ3) is 5.93. The average molecular weight is 530 g/mol. The summed E-state index contributed by atoms with van der Waals surface area (Å²) < 4.78 is 37.8. The number of carbonyl (C=O) groups excluding carboxylic acids is 1. The van der Waals surface area contributed by atoms with Crippen LogP contribution in [0.5, 0.6) is 11.5 Å². The van der Waals surface area contributed by atoms with Gasteiger partial charge in [0.2, 0.25) is 0 Å². The fraction of sp³-hybridized carbons (Fsp3) is 0.143. The molecule has 0 atom stereocenters. The average Bonchev–Trinajstić information content (AvgIpc) is 3.52. The summed E-state index contributed by atoms with van der Waals surface area (Å²) in [6, 6.07) is 12.7. The zero-order valence-electron chi connectivity index (χ0n) is 21.4. The molecule has 2 aromatic carbocycles. The second-order valence-corrected chi connectivity index (χ2v) is 9.08. The van der Waals surface area contributed by atoms with Crippen molar-refractivity contribution in [1.82, 2.24) is 24.5 Å². The maximum Gasteiger partial charge on any atom is 0.323 e. The Hall–Kier alpha value is -5.06. The van der Waals surface area contributed by atoms with E-state index in [9.17, 15) is 13.6 Å². The number of amides is 2. The van der Waals surface area contributed by atoms with Crippen LogP contribution in [-0.4, -0.2) is 30.6 Å². The molecule has 0 bridgehead atoms. The molecule has 0 aliphatic carbocycles. The highest BCUT2D eigenvalue weighted by molar-refractivity contribution is 6.02. The van der Waals surface area contributed by atoms with Gasteiger partial charge in [0.15, 0.2) is 0 Å². The lowest BCUT2D eigenvalue weighted by atomic mass is 10.1. The summed E-state index contributed by atoms with van der Waals surface area (Å²) in [6.45, 7) is 3.85. The first-order valence-electron chi connectivity index (χ1n) is 12.1. The van der Waals surface area contributed by atoms with Gasteiger partial charge < -0.3 is 15.4 Å². The van der Waals surface area contributed by atoms with Crippen molar-refractivity contribution in [3.63, 3.8) is 0 Å². The molecule has 2 N–H and O–H groups in total. The van der Waals surface area contributed by atoms with Crippen LogP contribution in [0.2, 0.25) is 0 Å². The lowest BCUT2D eigenvalue weighted by molar-refractivity contribution is 0.262. The SMILES string of the molecule is CC(C)n1cc(NC(=O)Nc2ccc(Oc3ccnc(-c4cnn(C)c4)c3)cc2F)c(-c2cccc(F)c2)n1. The Morgan fingerprint density at radius 1 is 0.949 bits per heavy atom. The second-order valence-electron chi connectivity index (χ2n) is 9.08. The Morgan fingerprint density at radius 2 is 1.74 bits per heavy atom. The van der Waals surface area contributed by atoms with Gasteiger partial charge in [-0.15, -0.1) is 0 Å². The summed E-state index contributed by atoms with van der Waals surface area (Å²) in [5, 5.41) is 13.8. The Kier molecular flexibility index (Phi) is 7.04. The molecule has 198 valence electrons. The number of ether oxygens (including phenoxy) is 1. The van der Waals surface area contributed by atoms with Crippen LogP contribution in [0.1, 0.15) is 19.9 Å². The first-order valence-corrected chi connectivity index (χ1v) is 12.1. The summed E-state index contributed by atoms with van der Waals surface area (Å²) in [7, 11) is 1.81. The molecule has 0 saturated heterocycles. The van der Waals surface area contributed by atoms with E-state index in [4.69, 9.17) is 4.74 Å². The van der Waals surface area contributed by atoms with Crippen molar-refractivity contribution in [3.8, 4) is 34.0 Å². The standard InChI is InChI=1S/C28H25F2N7O2/c1-17(2)37-16-26(27(35-37)18-5-4-6-20(29)11-18)34-28(38)33-24-8-7-21(12-23(24)30)39-22-9-10-31-25(13-22)19-14-32-36(3)15-19/h4-17H,1-3H3,(H2,33,34,38). The molecule has 5 rings (SSSR count). The molecule has 0 fully saturated rings. The summed E-state index contributed by atoms with van der Waals surface area (Å²) in [6.07, 6.45) is 6.75. The monoisotopic (exact) mass is 529 g/mol. The molecule has 0 spiro atoms. The van der Waals surface area contributed by atoms with Crippen molar-refractivity contribution < 1.29 is 18.3 Å². The number of nitrogens with zero attached hydrogens (tertiary/aromatic N) is 5. The molecule has 11 heteroatoms. The van der Waals surface area contributed by atoms with Crippen molar-refractivity contribution in [2.24, 2.45) is 7.05 Å². The highest BCUT2D eigenvalue weighted by atomic mass is 19.1. The van der Waals surface area contributed by atoms with Gasteiger partial charge >= 0.3 is 6.03 Å². The molecule has 3 heterocycles. The maximum absolute atomic E-state index is 14.9. The zero-order valence-corrected chi connectivity index (χ0v) is 21.4. The molecule has 0 aliphatic heterocycles. The van der Waals surface area contributed by atoms with Gasteiger partial charge in [-0.3, -0.25) is 14.3 Å². The van der Waals surface area contributed by atoms with Gasteiger partial charge in [0.25, 0.3) is 0 Å². The normalized spacial score (nSPS) is 11.0. The fourth-order valence-electron chi connectivity index (χ4n) is 3.86. The topological polar surface area (TPSA) is 98.9 Å². The van der Waals surface area contributed by atoms with Crippen LogP contribution in [0.3, 0.4) is 0 Å². The summed E-state index contributed by atoms with van der Waals surface area (Å²) in [5.41, 5.74) is 2.68. The second kappa shape index (κ2) is 10.7. The number of anilines is 2. The number of pyridine rings is 1. The molecule has 9 nitrogen and oxygen atoms in total.